The Bertz CT molecular complexity index is 361. The second-order valence-corrected chi connectivity index (χ2v) is 4.22. The fourth-order valence-electron chi connectivity index (χ4n) is 1.68. The Morgan fingerprint density at radius 3 is 2.62 bits per heavy atom. The van der Waals surface area contributed by atoms with Crippen LogP contribution in [0.3, 0.4) is 0 Å². The van der Waals surface area contributed by atoms with Crippen molar-refractivity contribution in [2.75, 3.05) is 0 Å². The highest BCUT2D eigenvalue weighted by Crippen LogP contribution is 2.11. The molecule has 1 heterocycles. The number of Topliss-reactive ketones (excluding diaryl/α,β-unsaturated/α-hetero) is 1. The molecule has 0 amide bonds. The van der Waals surface area contributed by atoms with Gasteiger partial charge in [0.25, 0.3) is 0 Å². The molecular formula is C13H20N2O. The third-order valence-electron chi connectivity index (χ3n) is 2.66. The third-order valence-corrected chi connectivity index (χ3v) is 2.66. The Kier molecular flexibility index (Phi) is 5.09. The van der Waals surface area contributed by atoms with Crippen molar-refractivity contribution >= 4 is 5.78 Å². The Hall–Kier alpha value is -1.25. The predicted octanol–water partition coefficient (Wildman–Crippen LogP) is 3.25. The van der Waals surface area contributed by atoms with Gasteiger partial charge in [-0.05, 0) is 26.3 Å². The maximum absolute atomic E-state index is 11.9. The molecule has 3 heteroatoms. The SMILES string of the molecule is CCCCCCC(=O)c1cc(C)nnc1C. The lowest BCUT2D eigenvalue weighted by molar-refractivity contribution is 0.0978. The van der Waals surface area contributed by atoms with Crippen LogP contribution in [0.25, 0.3) is 0 Å². The molecule has 0 atom stereocenters. The Morgan fingerprint density at radius 1 is 1.19 bits per heavy atom. The highest BCUT2D eigenvalue weighted by molar-refractivity contribution is 5.96. The normalized spacial score (nSPS) is 10.4. The number of carbonyl (C=O) groups excluding carboxylic acids is 1. The highest BCUT2D eigenvalue weighted by atomic mass is 16.1. The van der Waals surface area contributed by atoms with Crippen molar-refractivity contribution in [3.8, 4) is 0 Å². The lowest BCUT2D eigenvalue weighted by Gasteiger charge is -2.04. The minimum absolute atomic E-state index is 0.201. The van der Waals surface area contributed by atoms with E-state index < -0.39 is 0 Å². The Morgan fingerprint density at radius 2 is 1.94 bits per heavy atom. The second-order valence-electron chi connectivity index (χ2n) is 4.22. The highest BCUT2D eigenvalue weighted by Gasteiger charge is 2.10. The van der Waals surface area contributed by atoms with Crippen molar-refractivity contribution in [2.24, 2.45) is 0 Å². The van der Waals surface area contributed by atoms with Gasteiger partial charge in [0.2, 0.25) is 0 Å². The van der Waals surface area contributed by atoms with Crippen molar-refractivity contribution in [3.05, 3.63) is 23.0 Å². The van der Waals surface area contributed by atoms with Crippen LogP contribution in [0, 0.1) is 13.8 Å². The summed E-state index contributed by atoms with van der Waals surface area (Å²) < 4.78 is 0. The number of ketones is 1. The summed E-state index contributed by atoms with van der Waals surface area (Å²) in [5.74, 6) is 0.201. The topological polar surface area (TPSA) is 42.9 Å². The molecule has 0 aromatic carbocycles. The van der Waals surface area contributed by atoms with Gasteiger partial charge in [-0.15, -0.1) is 0 Å². The van der Waals surface area contributed by atoms with E-state index in [4.69, 9.17) is 0 Å². The monoisotopic (exact) mass is 220 g/mol. The molecule has 88 valence electrons. The molecule has 16 heavy (non-hydrogen) atoms. The van der Waals surface area contributed by atoms with Gasteiger partial charge in [-0.3, -0.25) is 4.79 Å². The van der Waals surface area contributed by atoms with Crippen LogP contribution < -0.4 is 0 Å². The molecule has 3 nitrogen and oxygen atoms in total. The molecule has 0 spiro atoms. The number of hydrogen-bond donors (Lipinski definition) is 0. The fraction of sp³-hybridized carbons (Fsp3) is 0.615. The van der Waals surface area contributed by atoms with Crippen LogP contribution >= 0.6 is 0 Å². The number of carbonyl (C=O) groups is 1. The first kappa shape index (κ1) is 12.8. The van der Waals surface area contributed by atoms with E-state index in [1.165, 1.54) is 12.8 Å². The van der Waals surface area contributed by atoms with Crippen LogP contribution in [0.1, 0.15) is 60.8 Å². The molecule has 0 saturated carbocycles. The third kappa shape index (κ3) is 3.72. The van der Waals surface area contributed by atoms with Crippen LogP contribution in [0.15, 0.2) is 6.07 Å². The van der Waals surface area contributed by atoms with Crippen molar-refractivity contribution in [1.29, 1.82) is 0 Å². The van der Waals surface area contributed by atoms with Gasteiger partial charge in [0.15, 0.2) is 5.78 Å². The van der Waals surface area contributed by atoms with E-state index in [9.17, 15) is 4.79 Å². The molecular weight excluding hydrogens is 200 g/mol. The minimum Gasteiger partial charge on any atom is -0.294 e. The van der Waals surface area contributed by atoms with E-state index in [1.807, 2.05) is 19.9 Å². The van der Waals surface area contributed by atoms with E-state index in [1.54, 1.807) is 0 Å². The summed E-state index contributed by atoms with van der Waals surface area (Å²) >= 11 is 0. The molecule has 0 fully saturated rings. The first-order valence-electron chi connectivity index (χ1n) is 5.99. The maximum Gasteiger partial charge on any atom is 0.164 e. The number of aromatic nitrogens is 2. The predicted molar refractivity (Wildman–Crippen MR) is 64.6 cm³/mol. The summed E-state index contributed by atoms with van der Waals surface area (Å²) in [4.78, 5) is 11.9. The summed E-state index contributed by atoms with van der Waals surface area (Å²) in [6.07, 6.45) is 5.15. The molecule has 1 aromatic rings. The zero-order valence-electron chi connectivity index (χ0n) is 10.4. The fourth-order valence-corrected chi connectivity index (χ4v) is 1.68. The molecule has 0 aliphatic heterocycles. The number of hydrogen-bond acceptors (Lipinski definition) is 3. The first-order chi connectivity index (χ1) is 7.65. The molecule has 0 aliphatic carbocycles. The van der Waals surface area contributed by atoms with Crippen molar-refractivity contribution < 1.29 is 4.79 Å². The summed E-state index contributed by atoms with van der Waals surface area (Å²) in [6.45, 7) is 5.87. The minimum atomic E-state index is 0.201. The number of rotatable bonds is 6. The number of unbranched alkanes of at least 4 members (excludes halogenated alkanes) is 3. The van der Waals surface area contributed by atoms with Crippen LogP contribution in [-0.2, 0) is 0 Å². The molecule has 0 unspecified atom stereocenters. The van der Waals surface area contributed by atoms with Gasteiger partial charge in [-0.1, -0.05) is 26.2 Å². The quantitative estimate of drug-likeness (QED) is 0.546. The zero-order chi connectivity index (χ0) is 12.0. The van der Waals surface area contributed by atoms with Crippen LogP contribution in [0.5, 0.6) is 0 Å². The van der Waals surface area contributed by atoms with E-state index in [0.29, 0.717) is 6.42 Å². The van der Waals surface area contributed by atoms with Gasteiger partial charge in [0.05, 0.1) is 11.4 Å². The van der Waals surface area contributed by atoms with Gasteiger partial charge in [0.1, 0.15) is 0 Å². The van der Waals surface area contributed by atoms with E-state index in [2.05, 4.69) is 17.1 Å². The molecule has 0 saturated heterocycles. The van der Waals surface area contributed by atoms with Gasteiger partial charge in [0, 0.05) is 12.0 Å². The molecule has 1 rings (SSSR count). The molecule has 0 radical (unpaired) electrons. The molecule has 0 N–H and O–H groups in total. The average molecular weight is 220 g/mol. The van der Waals surface area contributed by atoms with Crippen molar-refractivity contribution in [3.63, 3.8) is 0 Å². The van der Waals surface area contributed by atoms with Gasteiger partial charge in [-0.2, -0.15) is 10.2 Å². The van der Waals surface area contributed by atoms with E-state index >= 15 is 0 Å². The van der Waals surface area contributed by atoms with Gasteiger partial charge >= 0.3 is 0 Å². The van der Waals surface area contributed by atoms with Crippen LogP contribution in [0.2, 0.25) is 0 Å². The Labute approximate surface area is 97.3 Å². The van der Waals surface area contributed by atoms with E-state index in [-0.39, 0.29) is 5.78 Å². The number of aryl methyl sites for hydroxylation is 2. The van der Waals surface area contributed by atoms with E-state index in [0.717, 1.165) is 29.8 Å². The summed E-state index contributed by atoms with van der Waals surface area (Å²) in [5, 5.41) is 7.90. The molecule has 0 aliphatic rings. The lowest BCUT2D eigenvalue weighted by atomic mass is 10.0. The Balaban J connectivity index is 2.55. The summed E-state index contributed by atoms with van der Waals surface area (Å²) in [6, 6.07) is 1.84. The standard InChI is InChI=1S/C13H20N2O/c1-4-5-6-7-8-13(16)12-9-10(2)14-15-11(12)3/h9H,4-8H2,1-3H3. The van der Waals surface area contributed by atoms with Gasteiger partial charge in [-0.25, -0.2) is 0 Å². The largest absolute Gasteiger partial charge is 0.294 e. The lowest BCUT2D eigenvalue weighted by Crippen LogP contribution is -2.05. The average Bonchev–Trinajstić information content (AvgIpc) is 2.27. The molecule has 0 bridgehead atoms. The molecule has 1 aromatic heterocycles. The van der Waals surface area contributed by atoms with Crippen LogP contribution in [-0.4, -0.2) is 16.0 Å². The summed E-state index contributed by atoms with van der Waals surface area (Å²) in [5.41, 5.74) is 2.29. The second kappa shape index (κ2) is 6.36. The van der Waals surface area contributed by atoms with Gasteiger partial charge < -0.3 is 0 Å². The van der Waals surface area contributed by atoms with Crippen molar-refractivity contribution in [1.82, 2.24) is 10.2 Å². The number of nitrogens with zero attached hydrogens (tertiary/aromatic N) is 2. The first-order valence-corrected chi connectivity index (χ1v) is 5.99. The smallest absolute Gasteiger partial charge is 0.164 e. The maximum atomic E-state index is 11.9. The zero-order valence-corrected chi connectivity index (χ0v) is 10.4. The van der Waals surface area contributed by atoms with Crippen molar-refractivity contribution in [2.45, 2.75) is 52.9 Å². The van der Waals surface area contributed by atoms with Crippen LogP contribution in [0.4, 0.5) is 0 Å². The summed E-state index contributed by atoms with van der Waals surface area (Å²) in [7, 11) is 0.